The molecule has 2 nitrogen and oxygen atoms in total. The van der Waals surface area contributed by atoms with Crippen molar-refractivity contribution in [2.24, 2.45) is 7.05 Å². The molecule has 0 fully saturated rings. The summed E-state index contributed by atoms with van der Waals surface area (Å²) in [5, 5.41) is 0. The van der Waals surface area contributed by atoms with Gasteiger partial charge in [-0.05, 0) is 18.9 Å². The Morgan fingerprint density at radius 1 is 1.33 bits per heavy atom. The van der Waals surface area contributed by atoms with E-state index in [2.05, 4.69) is 48.6 Å². The van der Waals surface area contributed by atoms with Crippen molar-refractivity contribution >= 4 is 11.0 Å². The maximum Gasteiger partial charge on any atom is 0.251 e. The average molecular weight is 203 g/mol. The van der Waals surface area contributed by atoms with Gasteiger partial charge in [0, 0.05) is 12.5 Å². The van der Waals surface area contributed by atoms with Crippen LogP contribution in [0, 0.1) is 6.92 Å². The highest BCUT2D eigenvalue weighted by molar-refractivity contribution is 5.75. The molecule has 1 aromatic carbocycles. The van der Waals surface area contributed by atoms with E-state index in [1.807, 2.05) is 0 Å². The Morgan fingerprint density at radius 2 is 2.13 bits per heavy atom. The Bertz CT molecular complexity index is 469. The predicted molar refractivity (Wildman–Crippen MR) is 62.8 cm³/mol. The van der Waals surface area contributed by atoms with Crippen LogP contribution in [0.15, 0.2) is 18.2 Å². The van der Waals surface area contributed by atoms with Gasteiger partial charge in [0.05, 0.1) is 7.05 Å². The molecule has 0 unspecified atom stereocenters. The topological polar surface area (TPSA) is 19.7 Å². The third-order valence-electron chi connectivity index (χ3n) is 3.07. The number of hydrogen-bond donors (Lipinski definition) is 1. The van der Waals surface area contributed by atoms with Crippen molar-refractivity contribution in [1.29, 1.82) is 0 Å². The largest absolute Gasteiger partial charge is 0.251 e. The number of rotatable bonds is 3. The van der Waals surface area contributed by atoms with Gasteiger partial charge in [0.2, 0.25) is 0 Å². The van der Waals surface area contributed by atoms with E-state index in [1.54, 1.807) is 0 Å². The van der Waals surface area contributed by atoms with Gasteiger partial charge >= 0.3 is 0 Å². The molecule has 15 heavy (non-hydrogen) atoms. The lowest BCUT2D eigenvalue weighted by molar-refractivity contribution is -0.651. The summed E-state index contributed by atoms with van der Waals surface area (Å²) in [7, 11) is 2.13. The van der Waals surface area contributed by atoms with Crippen LogP contribution in [0.25, 0.3) is 11.0 Å². The minimum atomic E-state index is 1.18. The number of aromatic amines is 1. The number of hydrogen-bond acceptors (Lipinski definition) is 0. The predicted octanol–water partition coefficient (Wildman–Crippen LogP) is 2.64. The molecule has 0 saturated carbocycles. The smallest absolute Gasteiger partial charge is 0.241 e. The van der Waals surface area contributed by atoms with Crippen molar-refractivity contribution < 1.29 is 4.57 Å². The summed E-state index contributed by atoms with van der Waals surface area (Å²) in [6, 6.07) is 6.53. The van der Waals surface area contributed by atoms with Crippen molar-refractivity contribution in [3.8, 4) is 0 Å². The fraction of sp³-hybridized carbons (Fsp3) is 0.462. The van der Waals surface area contributed by atoms with Gasteiger partial charge in [0.15, 0.2) is 11.0 Å². The zero-order chi connectivity index (χ0) is 10.8. The molecule has 1 aromatic heterocycles. The summed E-state index contributed by atoms with van der Waals surface area (Å²) in [4.78, 5) is 3.41. The summed E-state index contributed by atoms with van der Waals surface area (Å²) < 4.78 is 2.25. The molecule has 2 heteroatoms. The molecule has 1 heterocycles. The monoisotopic (exact) mass is 203 g/mol. The average Bonchev–Trinajstić information content (AvgIpc) is 2.53. The molecular weight excluding hydrogens is 184 g/mol. The second kappa shape index (κ2) is 4.05. The van der Waals surface area contributed by atoms with Crippen LogP contribution in [-0.4, -0.2) is 4.98 Å². The zero-order valence-electron chi connectivity index (χ0n) is 9.80. The van der Waals surface area contributed by atoms with Gasteiger partial charge in [0.25, 0.3) is 5.82 Å². The maximum atomic E-state index is 3.41. The van der Waals surface area contributed by atoms with Crippen molar-refractivity contribution in [3.63, 3.8) is 0 Å². The third-order valence-corrected chi connectivity index (χ3v) is 3.07. The van der Waals surface area contributed by atoms with Crippen LogP contribution in [0.1, 0.15) is 31.2 Å². The minimum Gasteiger partial charge on any atom is -0.241 e. The molecule has 0 aliphatic heterocycles. The fourth-order valence-electron chi connectivity index (χ4n) is 2.10. The molecule has 2 aromatic rings. The highest BCUT2D eigenvalue weighted by Gasteiger charge is 2.14. The molecule has 0 amide bonds. The fourth-order valence-corrected chi connectivity index (χ4v) is 2.10. The van der Waals surface area contributed by atoms with Gasteiger partial charge in [-0.15, -0.1) is 0 Å². The van der Waals surface area contributed by atoms with Crippen LogP contribution >= 0.6 is 0 Å². The van der Waals surface area contributed by atoms with Crippen molar-refractivity contribution in [2.75, 3.05) is 0 Å². The summed E-state index contributed by atoms with van der Waals surface area (Å²) >= 11 is 0. The minimum absolute atomic E-state index is 1.18. The first-order valence-corrected chi connectivity index (χ1v) is 5.70. The van der Waals surface area contributed by atoms with E-state index >= 15 is 0 Å². The molecule has 0 atom stereocenters. The number of unbranched alkanes of at least 4 members (excludes halogenated alkanes) is 1. The summed E-state index contributed by atoms with van der Waals surface area (Å²) in [5.74, 6) is 1.22. The number of H-pyrrole nitrogens is 1. The van der Waals surface area contributed by atoms with E-state index in [0.717, 1.165) is 0 Å². The maximum absolute atomic E-state index is 3.41. The van der Waals surface area contributed by atoms with Crippen LogP contribution in [0.3, 0.4) is 0 Å². The Kier molecular flexibility index (Phi) is 2.76. The molecule has 0 spiro atoms. The highest BCUT2D eigenvalue weighted by Crippen LogP contribution is 2.16. The molecule has 0 saturated heterocycles. The van der Waals surface area contributed by atoms with E-state index in [1.165, 1.54) is 41.7 Å². The normalized spacial score (nSPS) is 11.1. The van der Waals surface area contributed by atoms with Gasteiger partial charge in [-0.2, -0.15) is 0 Å². The highest BCUT2D eigenvalue weighted by atomic mass is 15.0. The Hall–Kier alpha value is -1.31. The molecule has 80 valence electrons. The molecular formula is C13H19N2+. The van der Waals surface area contributed by atoms with Gasteiger partial charge in [-0.1, -0.05) is 25.5 Å². The Labute approximate surface area is 90.9 Å². The van der Waals surface area contributed by atoms with Gasteiger partial charge in [-0.25, -0.2) is 9.55 Å². The van der Waals surface area contributed by atoms with Crippen LogP contribution in [0.2, 0.25) is 0 Å². The van der Waals surface area contributed by atoms with Crippen LogP contribution in [-0.2, 0) is 13.5 Å². The summed E-state index contributed by atoms with van der Waals surface area (Å²) in [5.41, 5.74) is 4.08. The second-order valence-electron chi connectivity index (χ2n) is 4.19. The quantitative estimate of drug-likeness (QED) is 0.740. The number of nitrogens with zero attached hydrogens (tertiary/aromatic N) is 1. The number of para-hydroxylation sites is 1. The van der Waals surface area contributed by atoms with Crippen molar-refractivity contribution in [1.82, 2.24) is 4.98 Å². The van der Waals surface area contributed by atoms with Crippen molar-refractivity contribution in [3.05, 3.63) is 29.6 Å². The lowest BCUT2D eigenvalue weighted by atomic mass is 10.1. The van der Waals surface area contributed by atoms with E-state index in [9.17, 15) is 0 Å². The van der Waals surface area contributed by atoms with Gasteiger partial charge in [-0.3, -0.25) is 0 Å². The molecule has 0 bridgehead atoms. The molecule has 2 rings (SSSR count). The number of nitrogens with one attached hydrogen (secondary N) is 1. The van der Waals surface area contributed by atoms with E-state index in [0.29, 0.717) is 0 Å². The summed E-state index contributed by atoms with van der Waals surface area (Å²) in [6.07, 6.45) is 3.70. The SMILES string of the molecule is CCCCc1cccc2[nH]c(C)[n+](C)c12. The number of fused-ring (bicyclic) bond motifs is 1. The number of aromatic nitrogens is 2. The van der Waals surface area contributed by atoms with Crippen LogP contribution in [0.5, 0.6) is 0 Å². The Morgan fingerprint density at radius 3 is 2.87 bits per heavy atom. The molecule has 0 radical (unpaired) electrons. The number of benzene rings is 1. The van der Waals surface area contributed by atoms with Gasteiger partial charge in [0.1, 0.15) is 0 Å². The number of imidazole rings is 1. The molecule has 0 aliphatic carbocycles. The molecule has 0 aliphatic rings. The first-order chi connectivity index (χ1) is 7.24. The second-order valence-corrected chi connectivity index (χ2v) is 4.19. The standard InChI is InChI=1S/C13H18N2/c1-4-5-7-11-8-6-9-12-13(11)15(3)10(2)14-12/h6,8-9H,4-5,7H2,1-3H3/p+1. The van der Waals surface area contributed by atoms with E-state index in [-0.39, 0.29) is 0 Å². The molecule has 1 N–H and O–H groups in total. The number of aryl methyl sites for hydroxylation is 3. The van der Waals surface area contributed by atoms with Crippen molar-refractivity contribution in [2.45, 2.75) is 33.1 Å². The lowest BCUT2D eigenvalue weighted by Gasteiger charge is -2.00. The third kappa shape index (κ3) is 1.76. The van der Waals surface area contributed by atoms with Crippen LogP contribution in [0.4, 0.5) is 0 Å². The van der Waals surface area contributed by atoms with E-state index in [4.69, 9.17) is 0 Å². The first kappa shape index (κ1) is 10.2. The first-order valence-electron chi connectivity index (χ1n) is 5.70. The van der Waals surface area contributed by atoms with E-state index < -0.39 is 0 Å². The summed E-state index contributed by atoms with van der Waals surface area (Å²) in [6.45, 7) is 4.35. The Balaban J connectivity index is 2.53. The van der Waals surface area contributed by atoms with Gasteiger partial charge < -0.3 is 0 Å². The zero-order valence-corrected chi connectivity index (χ0v) is 9.80. The lowest BCUT2D eigenvalue weighted by Crippen LogP contribution is -2.30. The van der Waals surface area contributed by atoms with Crippen LogP contribution < -0.4 is 4.57 Å².